The van der Waals surface area contributed by atoms with Crippen molar-refractivity contribution in [3.63, 3.8) is 0 Å². The van der Waals surface area contributed by atoms with Crippen LogP contribution in [0.15, 0.2) is 28.9 Å². The molecule has 0 bridgehead atoms. The first-order chi connectivity index (χ1) is 10.2. The molecule has 6 heteroatoms. The largest absolute Gasteiger partial charge is 0.359 e. The van der Waals surface area contributed by atoms with Gasteiger partial charge in [0.1, 0.15) is 0 Å². The molecule has 0 spiro atoms. The highest BCUT2D eigenvalue weighted by molar-refractivity contribution is 9.10. The highest BCUT2D eigenvalue weighted by Gasteiger charge is 2.25. The Balaban J connectivity index is 1.76. The van der Waals surface area contributed by atoms with E-state index in [4.69, 9.17) is 0 Å². The lowest BCUT2D eigenvalue weighted by molar-refractivity contribution is -0.125. The number of piperidine rings is 1. The molecule has 0 unspecified atom stereocenters. The second-order valence-corrected chi connectivity index (χ2v) is 6.16. The maximum Gasteiger partial charge on any atom is 0.225 e. The lowest BCUT2D eigenvalue weighted by Gasteiger charge is -2.31. The Morgan fingerprint density at radius 2 is 2.14 bits per heavy atom. The van der Waals surface area contributed by atoms with E-state index in [0.717, 1.165) is 47.3 Å². The van der Waals surface area contributed by atoms with Gasteiger partial charge in [-0.05, 0) is 31.0 Å². The predicted octanol–water partition coefficient (Wildman–Crippen LogP) is 2.35. The number of halogens is 1. The molecule has 2 aromatic rings. The summed E-state index contributed by atoms with van der Waals surface area (Å²) in [6.45, 7) is 1.64. The number of anilines is 1. The van der Waals surface area contributed by atoms with E-state index in [1.807, 2.05) is 24.4 Å². The van der Waals surface area contributed by atoms with Gasteiger partial charge in [-0.25, -0.2) is 9.97 Å². The molecule has 0 atom stereocenters. The van der Waals surface area contributed by atoms with Crippen LogP contribution in [0.3, 0.4) is 0 Å². The minimum Gasteiger partial charge on any atom is -0.359 e. The normalized spacial score (nSPS) is 16.2. The first-order valence-electron chi connectivity index (χ1n) is 7.06. The SMILES string of the molecule is CNC(=O)C1CCN(c2ncc3cc(Br)ccc3n2)CC1. The van der Waals surface area contributed by atoms with Gasteiger partial charge in [0.2, 0.25) is 11.9 Å². The third-order valence-corrected chi connectivity index (χ3v) is 4.42. The summed E-state index contributed by atoms with van der Waals surface area (Å²) in [7, 11) is 1.69. The molecule has 1 aliphatic heterocycles. The summed E-state index contributed by atoms with van der Waals surface area (Å²) in [5.74, 6) is 1.00. The summed E-state index contributed by atoms with van der Waals surface area (Å²) in [5.41, 5.74) is 0.941. The molecule has 0 aliphatic carbocycles. The van der Waals surface area contributed by atoms with Gasteiger partial charge < -0.3 is 10.2 Å². The van der Waals surface area contributed by atoms with Crippen molar-refractivity contribution in [2.24, 2.45) is 5.92 Å². The molecule has 1 aromatic carbocycles. The standard InChI is InChI=1S/C15H17BrN4O/c1-17-14(21)10-4-6-20(7-5-10)15-18-9-11-8-12(16)2-3-13(11)19-15/h2-3,8-10H,4-7H2,1H3,(H,17,21). The molecular weight excluding hydrogens is 332 g/mol. The Morgan fingerprint density at radius 3 is 2.86 bits per heavy atom. The number of benzene rings is 1. The van der Waals surface area contributed by atoms with Crippen LogP contribution in [-0.2, 0) is 4.79 Å². The minimum absolute atomic E-state index is 0.114. The maximum atomic E-state index is 11.7. The second kappa shape index (κ2) is 5.97. The van der Waals surface area contributed by atoms with Gasteiger partial charge in [0.15, 0.2) is 0 Å². The van der Waals surface area contributed by atoms with E-state index in [1.165, 1.54) is 0 Å². The van der Waals surface area contributed by atoms with E-state index in [1.54, 1.807) is 7.05 Å². The first kappa shape index (κ1) is 14.3. The maximum absolute atomic E-state index is 11.7. The number of nitrogens with zero attached hydrogens (tertiary/aromatic N) is 3. The minimum atomic E-state index is 0.114. The summed E-state index contributed by atoms with van der Waals surface area (Å²) in [6.07, 6.45) is 3.55. The van der Waals surface area contributed by atoms with Crippen molar-refractivity contribution in [3.05, 3.63) is 28.9 Å². The van der Waals surface area contributed by atoms with Crippen molar-refractivity contribution in [2.45, 2.75) is 12.8 Å². The zero-order valence-corrected chi connectivity index (χ0v) is 13.4. The third-order valence-electron chi connectivity index (χ3n) is 3.92. The lowest BCUT2D eigenvalue weighted by atomic mass is 9.96. The molecule has 5 nitrogen and oxygen atoms in total. The van der Waals surface area contributed by atoms with Crippen LogP contribution in [0, 0.1) is 5.92 Å². The molecular formula is C15H17BrN4O. The highest BCUT2D eigenvalue weighted by Crippen LogP contribution is 2.23. The van der Waals surface area contributed by atoms with E-state index in [-0.39, 0.29) is 11.8 Å². The molecule has 2 heterocycles. The van der Waals surface area contributed by atoms with E-state index in [2.05, 4.69) is 36.1 Å². The molecule has 21 heavy (non-hydrogen) atoms. The van der Waals surface area contributed by atoms with Crippen molar-refractivity contribution < 1.29 is 4.79 Å². The quantitative estimate of drug-likeness (QED) is 0.904. The molecule has 0 radical (unpaired) electrons. The molecule has 1 saturated heterocycles. The van der Waals surface area contributed by atoms with E-state index in [0.29, 0.717) is 0 Å². The summed E-state index contributed by atoms with van der Waals surface area (Å²) < 4.78 is 1.03. The zero-order valence-electron chi connectivity index (χ0n) is 11.8. The third kappa shape index (κ3) is 3.00. The van der Waals surface area contributed by atoms with Crippen molar-refractivity contribution in [3.8, 4) is 0 Å². The lowest BCUT2D eigenvalue weighted by Crippen LogP contribution is -2.40. The monoisotopic (exact) mass is 348 g/mol. The van der Waals surface area contributed by atoms with E-state index < -0.39 is 0 Å². The number of hydrogen-bond acceptors (Lipinski definition) is 4. The zero-order chi connectivity index (χ0) is 14.8. The van der Waals surface area contributed by atoms with Crippen LogP contribution < -0.4 is 10.2 Å². The Labute approximate surface area is 131 Å². The van der Waals surface area contributed by atoms with E-state index >= 15 is 0 Å². The van der Waals surface area contributed by atoms with Gasteiger partial charge in [-0.1, -0.05) is 15.9 Å². The van der Waals surface area contributed by atoms with Gasteiger partial charge in [0.25, 0.3) is 0 Å². The first-order valence-corrected chi connectivity index (χ1v) is 7.85. The van der Waals surface area contributed by atoms with Gasteiger partial charge in [0.05, 0.1) is 5.52 Å². The molecule has 1 amide bonds. The Kier molecular flexibility index (Phi) is 4.05. The van der Waals surface area contributed by atoms with Gasteiger partial charge >= 0.3 is 0 Å². The predicted molar refractivity (Wildman–Crippen MR) is 86.2 cm³/mol. The van der Waals surface area contributed by atoms with Crippen LogP contribution >= 0.6 is 15.9 Å². The fraction of sp³-hybridized carbons (Fsp3) is 0.400. The van der Waals surface area contributed by atoms with Crippen molar-refractivity contribution in [1.82, 2.24) is 15.3 Å². The van der Waals surface area contributed by atoms with Gasteiger partial charge in [0, 0.05) is 42.1 Å². The molecule has 1 N–H and O–H groups in total. The second-order valence-electron chi connectivity index (χ2n) is 5.25. The number of fused-ring (bicyclic) bond motifs is 1. The van der Waals surface area contributed by atoms with Crippen LogP contribution in [0.1, 0.15) is 12.8 Å². The highest BCUT2D eigenvalue weighted by atomic mass is 79.9. The van der Waals surface area contributed by atoms with Crippen LogP contribution in [0.2, 0.25) is 0 Å². The topological polar surface area (TPSA) is 58.1 Å². The molecule has 1 aliphatic rings. The number of carbonyl (C=O) groups is 1. The number of amides is 1. The molecule has 3 rings (SSSR count). The van der Waals surface area contributed by atoms with Gasteiger partial charge in [-0.15, -0.1) is 0 Å². The molecule has 0 saturated carbocycles. The summed E-state index contributed by atoms with van der Waals surface area (Å²) >= 11 is 3.45. The molecule has 110 valence electrons. The summed E-state index contributed by atoms with van der Waals surface area (Å²) in [6, 6.07) is 5.98. The van der Waals surface area contributed by atoms with Crippen LogP contribution in [0.5, 0.6) is 0 Å². The fourth-order valence-corrected chi connectivity index (χ4v) is 3.07. The van der Waals surface area contributed by atoms with Crippen molar-refractivity contribution in [2.75, 3.05) is 25.0 Å². The fourth-order valence-electron chi connectivity index (χ4n) is 2.69. The number of nitrogens with one attached hydrogen (secondary N) is 1. The summed E-state index contributed by atoms with van der Waals surface area (Å²) in [4.78, 5) is 22.9. The molecule has 1 aromatic heterocycles. The average molecular weight is 349 g/mol. The van der Waals surface area contributed by atoms with E-state index in [9.17, 15) is 4.79 Å². The Bertz CT molecular complexity index is 668. The van der Waals surface area contributed by atoms with Crippen LogP contribution in [0.25, 0.3) is 10.9 Å². The summed E-state index contributed by atoms with van der Waals surface area (Å²) in [5, 5.41) is 3.75. The molecule has 1 fully saturated rings. The Morgan fingerprint density at radius 1 is 1.38 bits per heavy atom. The number of rotatable bonds is 2. The number of hydrogen-bond donors (Lipinski definition) is 1. The van der Waals surface area contributed by atoms with Crippen LogP contribution in [0.4, 0.5) is 5.95 Å². The van der Waals surface area contributed by atoms with Crippen LogP contribution in [-0.4, -0.2) is 36.0 Å². The smallest absolute Gasteiger partial charge is 0.225 e. The number of aromatic nitrogens is 2. The Hall–Kier alpha value is -1.69. The van der Waals surface area contributed by atoms with Gasteiger partial charge in [-0.3, -0.25) is 4.79 Å². The van der Waals surface area contributed by atoms with Gasteiger partial charge in [-0.2, -0.15) is 0 Å². The van der Waals surface area contributed by atoms with Crippen molar-refractivity contribution >= 4 is 38.7 Å². The average Bonchev–Trinajstić information content (AvgIpc) is 2.53. The van der Waals surface area contributed by atoms with Crippen molar-refractivity contribution in [1.29, 1.82) is 0 Å². The number of carbonyl (C=O) groups excluding carboxylic acids is 1.